The molecule has 0 radical (unpaired) electrons. The molecule has 0 saturated carbocycles. The van der Waals surface area contributed by atoms with Gasteiger partial charge in [-0.3, -0.25) is 0 Å². The van der Waals surface area contributed by atoms with Gasteiger partial charge in [0.15, 0.2) is 8.32 Å². The van der Waals surface area contributed by atoms with Crippen molar-refractivity contribution >= 4 is 31.2 Å². The first-order valence-electron chi connectivity index (χ1n) is 8.55. The highest BCUT2D eigenvalue weighted by Crippen LogP contribution is 2.25. The number of carbonyl (C=O) groups is 1. The lowest BCUT2D eigenvalue weighted by Gasteiger charge is -2.40. The van der Waals surface area contributed by atoms with Crippen LogP contribution in [0.5, 0.6) is 0 Å². The molecule has 0 aromatic rings. The second kappa shape index (κ2) is 9.44. The highest BCUT2D eigenvalue weighted by molar-refractivity contribution is 6.87. The smallest absolute Gasteiger partial charge is 0.333 e. The van der Waals surface area contributed by atoms with Gasteiger partial charge in [-0.15, -0.1) is 0 Å². The Kier molecular flexibility index (Phi) is 9.34. The first kappa shape index (κ1) is 23.7. The molecule has 8 heteroatoms. The highest BCUT2D eigenvalue weighted by Gasteiger charge is 2.42. The second-order valence-electron chi connectivity index (χ2n) is 8.00. The minimum Gasteiger partial charge on any atom is -0.460 e. The normalized spacial score (nSPS) is 14.4. The Balaban J connectivity index is 4.61. The number of rotatable bonds is 11. The molecule has 24 heavy (non-hydrogen) atoms. The standard InChI is InChI=1S/C16H36O5Si3/c1-11-15(18-12-13-19-16(17)14(2)3)23(7,8)21-24(9,10)20-22(4,5)6/h15H,2,11-13H2,1,3-10H3. The van der Waals surface area contributed by atoms with Crippen LogP contribution in [0.1, 0.15) is 20.3 Å². The van der Waals surface area contributed by atoms with Gasteiger partial charge in [0.2, 0.25) is 8.32 Å². The largest absolute Gasteiger partial charge is 0.460 e. The van der Waals surface area contributed by atoms with Crippen molar-refractivity contribution in [1.29, 1.82) is 0 Å². The van der Waals surface area contributed by atoms with Crippen LogP contribution in [0.3, 0.4) is 0 Å². The molecule has 0 heterocycles. The fourth-order valence-corrected chi connectivity index (χ4v) is 16.3. The maximum Gasteiger partial charge on any atom is 0.333 e. The number of esters is 1. The molecule has 1 unspecified atom stereocenters. The van der Waals surface area contributed by atoms with Crippen LogP contribution in [0, 0.1) is 0 Å². The molecule has 5 nitrogen and oxygen atoms in total. The number of carbonyl (C=O) groups excluding carboxylic acids is 1. The third-order valence-electron chi connectivity index (χ3n) is 3.19. The topological polar surface area (TPSA) is 54.0 Å². The summed E-state index contributed by atoms with van der Waals surface area (Å²) in [6.07, 6.45) is 0.866. The van der Waals surface area contributed by atoms with E-state index in [4.69, 9.17) is 17.7 Å². The maximum atomic E-state index is 11.4. The summed E-state index contributed by atoms with van der Waals surface area (Å²) in [5.41, 5.74) is 0.439. The van der Waals surface area contributed by atoms with Crippen molar-refractivity contribution in [2.75, 3.05) is 13.2 Å². The van der Waals surface area contributed by atoms with Gasteiger partial charge in [0.05, 0.1) is 12.3 Å². The van der Waals surface area contributed by atoms with Gasteiger partial charge in [0, 0.05) is 5.57 Å². The van der Waals surface area contributed by atoms with E-state index in [2.05, 4.69) is 59.3 Å². The van der Waals surface area contributed by atoms with Crippen LogP contribution in [0.15, 0.2) is 12.2 Å². The predicted octanol–water partition coefficient (Wildman–Crippen LogP) is 4.22. The van der Waals surface area contributed by atoms with Crippen molar-refractivity contribution in [3.63, 3.8) is 0 Å². The molecule has 0 aromatic carbocycles. The fourth-order valence-electron chi connectivity index (χ4n) is 2.72. The van der Waals surface area contributed by atoms with Crippen molar-refractivity contribution in [3.8, 4) is 0 Å². The lowest BCUT2D eigenvalue weighted by atomic mass is 10.4. The average molecular weight is 393 g/mol. The number of ether oxygens (including phenoxy) is 2. The van der Waals surface area contributed by atoms with Crippen molar-refractivity contribution in [3.05, 3.63) is 12.2 Å². The summed E-state index contributed by atoms with van der Waals surface area (Å²) in [5.74, 6) is -0.378. The van der Waals surface area contributed by atoms with Crippen LogP contribution in [0.4, 0.5) is 0 Å². The van der Waals surface area contributed by atoms with Crippen molar-refractivity contribution in [2.24, 2.45) is 0 Å². The van der Waals surface area contributed by atoms with Crippen molar-refractivity contribution in [1.82, 2.24) is 0 Å². The lowest BCUT2D eigenvalue weighted by molar-refractivity contribution is -0.140. The molecule has 0 bridgehead atoms. The molecule has 1 atom stereocenters. The molecule has 0 saturated heterocycles. The molecule has 0 fully saturated rings. The molecule has 0 aliphatic rings. The Morgan fingerprint density at radius 3 is 1.96 bits per heavy atom. The van der Waals surface area contributed by atoms with Gasteiger partial charge in [-0.1, -0.05) is 13.5 Å². The van der Waals surface area contributed by atoms with Crippen LogP contribution in [0.25, 0.3) is 0 Å². The third-order valence-corrected chi connectivity index (χ3v) is 13.8. The summed E-state index contributed by atoms with van der Waals surface area (Å²) in [5, 5.41) is 0. The van der Waals surface area contributed by atoms with Gasteiger partial charge < -0.3 is 17.7 Å². The summed E-state index contributed by atoms with van der Waals surface area (Å²) in [7, 11) is -5.91. The van der Waals surface area contributed by atoms with E-state index < -0.39 is 25.2 Å². The molecule has 0 spiro atoms. The fraction of sp³-hybridized carbons (Fsp3) is 0.812. The summed E-state index contributed by atoms with van der Waals surface area (Å²) >= 11 is 0. The van der Waals surface area contributed by atoms with Gasteiger partial charge >= 0.3 is 14.5 Å². The third kappa shape index (κ3) is 9.90. The van der Waals surface area contributed by atoms with Gasteiger partial charge in [-0.2, -0.15) is 0 Å². The highest BCUT2D eigenvalue weighted by atomic mass is 28.5. The van der Waals surface area contributed by atoms with E-state index in [1.54, 1.807) is 6.92 Å². The Bertz CT molecular complexity index is 430. The van der Waals surface area contributed by atoms with E-state index in [1.165, 1.54) is 0 Å². The molecule has 0 aliphatic carbocycles. The quantitative estimate of drug-likeness (QED) is 0.228. The Morgan fingerprint density at radius 1 is 1.00 bits per heavy atom. The maximum absolute atomic E-state index is 11.4. The van der Waals surface area contributed by atoms with Crippen LogP contribution in [0.2, 0.25) is 45.8 Å². The zero-order valence-electron chi connectivity index (χ0n) is 16.9. The van der Waals surface area contributed by atoms with Gasteiger partial charge in [0.25, 0.3) is 0 Å². The van der Waals surface area contributed by atoms with Crippen LogP contribution in [-0.2, 0) is 22.5 Å². The van der Waals surface area contributed by atoms with Gasteiger partial charge in [-0.25, -0.2) is 4.79 Å². The molecule has 0 N–H and O–H groups in total. The molecule has 142 valence electrons. The Labute approximate surface area is 151 Å². The van der Waals surface area contributed by atoms with Crippen molar-refractivity contribution in [2.45, 2.75) is 71.8 Å². The summed E-state index contributed by atoms with van der Waals surface area (Å²) in [6, 6.07) is 0. The first-order valence-corrected chi connectivity index (χ1v) is 17.8. The second-order valence-corrected chi connectivity index (χ2v) is 20.5. The zero-order chi connectivity index (χ0) is 19.2. The first-order chi connectivity index (χ1) is 10.7. The van der Waals surface area contributed by atoms with E-state index in [-0.39, 0.29) is 18.3 Å². The van der Waals surface area contributed by atoms with Gasteiger partial charge in [0.1, 0.15) is 6.61 Å². The van der Waals surface area contributed by atoms with E-state index in [1.807, 2.05) is 0 Å². The Morgan fingerprint density at radius 2 is 1.54 bits per heavy atom. The lowest BCUT2D eigenvalue weighted by Crippen LogP contribution is -2.57. The minimum absolute atomic E-state index is 0.0399. The Hall–Kier alpha value is -0.259. The summed E-state index contributed by atoms with van der Waals surface area (Å²) in [6.45, 7) is 23.0. The van der Waals surface area contributed by atoms with E-state index >= 15 is 0 Å². The molecule has 0 amide bonds. The van der Waals surface area contributed by atoms with E-state index in [0.717, 1.165) is 6.42 Å². The predicted molar refractivity (Wildman–Crippen MR) is 106 cm³/mol. The molecule has 0 aromatic heterocycles. The van der Waals surface area contributed by atoms with Crippen LogP contribution < -0.4 is 0 Å². The van der Waals surface area contributed by atoms with E-state index in [0.29, 0.717) is 12.2 Å². The average Bonchev–Trinajstić information content (AvgIpc) is 2.33. The van der Waals surface area contributed by atoms with Crippen LogP contribution >= 0.6 is 0 Å². The van der Waals surface area contributed by atoms with E-state index in [9.17, 15) is 4.79 Å². The molecular formula is C16H36O5Si3. The molecule has 0 rings (SSSR count). The molecule has 0 aliphatic heterocycles. The monoisotopic (exact) mass is 392 g/mol. The van der Waals surface area contributed by atoms with Crippen LogP contribution in [-0.4, -0.2) is 50.1 Å². The number of hydrogen-bond donors (Lipinski definition) is 0. The minimum atomic E-state index is -2.19. The summed E-state index contributed by atoms with van der Waals surface area (Å²) in [4.78, 5) is 11.4. The number of hydrogen-bond acceptors (Lipinski definition) is 5. The zero-order valence-corrected chi connectivity index (χ0v) is 19.9. The van der Waals surface area contributed by atoms with Gasteiger partial charge in [-0.05, 0) is 59.2 Å². The van der Waals surface area contributed by atoms with Crippen molar-refractivity contribution < 1.29 is 22.5 Å². The molecular weight excluding hydrogens is 356 g/mol. The summed E-state index contributed by atoms with van der Waals surface area (Å²) < 4.78 is 23.9. The SMILES string of the molecule is C=C(C)C(=O)OCCOC(CC)[Si](C)(C)O[Si](C)(C)O[Si](C)(C)C.